The third-order valence-electron chi connectivity index (χ3n) is 2.93. The van der Waals surface area contributed by atoms with Crippen LogP contribution in [0.3, 0.4) is 0 Å². The maximum absolute atomic E-state index is 11.7. The van der Waals surface area contributed by atoms with E-state index in [-0.39, 0.29) is 11.8 Å². The molecule has 2 aromatic heterocycles. The lowest BCUT2D eigenvalue weighted by Crippen LogP contribution is -2.16. The van der Waals surface area contributed by atoms with Gasteiger partial charge < -0.3 is 11.1 Å². The second-order valence-corrected chi connectivity index (χ2v) is 4.41. The van der Waals surface area contributed by atoms with Gasteiger partial charge in [0.1, 0.15) is 12.1 Å². The molecule has 0 aliphatic heterocycles. The van der Waals surface area contributed by atoms with Gasteiger partial charge in [-0.15, -0.1) is 0 Å². The van der Waals surface area contributed by atoms with E-state index in [2.05, 4.69) is 20.4 Å². The highest BCUT2D eigenvalue weighted by atomic mass is 16.2. The van der Waals surface area contributed by atoms with Crippen molar-refractivity contribution in [1.82, 2.24) is 19.6 Å². The average molecular weight is 246 g/mol. The highest BCUT2D eigenvalue weighted by Crippen LogP contribution is 2.30. The minimum absolute atomic E-state index is 0.0325. The second kappa shape index (κ2) is 4.34. The summed E-state index contributed by atoms with van der Waals surface area (Å²) in [6.07, 6.45) is 4.03. The second-order valence-electron chi connectivity index (χ2n) is 4.41. The van der Waals surface area contributed by atoms with Crippen LogP contribution < -0.4 is 11.1 Å². The predicted molar refractivity (Wildman–Crippen MR) is 64.9 cm³/mol. The van der Waals surface area contributed by atoms with E-state index in [0.29, 0.717) is 24.6 Å². The smallest absolute Gasteiger partial charge is 0.254 e. The van der Waals surface area contributed by atoms with Crippen molar-refractivity contribution in [3.8, 4) is 0 Å². The molecule has 7 heteroatoms. The van der Waals surface area contributed by atoms with Gasteiger partial charge in [0.05, 0.1) is 5.69 Å². The molecule has 0 aromatic carbocycles. The minimum atomic E-state index is 0.0325. The highest BCUT2D eigenvalue weighted by molar-refractivity contribution is 5.93. The van der Waals surface area contributed by atoms with Crippen LogP contribution >= 0.6 is 0 Å². The monoisotopic (exact) mass is 246 g/mol. The lowest BCUT2D eigenvalue weighted by Gasteiger charge is -2.07. The molecule has 0 saturated heterocycles. The summed E-state index contributed by atoms with van der Waals surface area (Å²) in [7, 11) is 0. The number of carbonyl (C=O) groups is 1. The summed E-state index contributed by atoms with van der Waals surface area (Å²) in [4.78, 5) is 20.0. The summed E-state index contributed by atoms with van der Waals surface area (Å²) in [6.45, 7) is 0.509. The zero-order chi connectivity index (χ0) is 12.5. The summed E-state index contributed by atoms with van der Waals surface area (Å²) in [5.74, 6) is 1.19. The molecule has 18 heavy (non-hydrogen) atoms. The molecule has 1 aliphatic carbocycles. The van der Waals surface area contributed by atoms with Crippen LogP contribution in [0.1, 0.15) is 18.5 Å². The van der Waals surface area contributed by atoms with Gasteiger partial charge >= 0.3 is 0 Å². The van der Waals surface area contributed by atoms with Crippen molar-refractivity contribution in [2.45, 2.75) is 19.3 Å². The normalized spacial score (nSPS) is 14.9. The minimum Gasteiger partial charge on any atom is -0.330 e. The number of carbonyl (C=O) groups excluding carboxylic acids is 1. The van der Waals surface area contributed by atoms with Gasteiger partial charge in [-0.05, 0) is 19.4 Å². The van der Waals surface area contributed by atoms with Gasteiger partial charge in [-0.25, -0.2) is 4.52 Å². The van der Waals surface area contributed by atoms with Crippen LogP contribution in [0, 0.1) is 5.92 Å². The van der Waals surface area contributed by atoms with Gasteiger partial charge in [-0.2, -0.15) is 15.1 Å². The van der Waals surface area contributed by atoms with Crippen LogP contribution in [0.4, 0.5) is 5.82 Å². The maximum atomic E-state index is 11.7. The summed E-state index contributed by atoms with van der Waals surface area (Å²) < 4.78 is 1.64. The molecule has 2 heterocycles. The molecule has 3 rings (SSSR count). The molecule has 1 saturated carbocycles. The fourth-order valence-electron chi connectivity index (χ4n) is 1.84. The van der Waals surface area contributed by atoms with E-state index in [1.165, 1.54) is 6.33 Å². The first-order valence-corrected chi connectivity index (χ1v) is 5.98. The summed E-state index contributed by atoms with van der Waals surface area (Å²) in [5.41, 5.74) is 6.46. The number of fused-ring (bicyclic) bond motifs is 1. The van der Waals surface area contributed by atoms with E-state index in [1.807, 2.05) is 0 Å². The Morgan fingerprint density at radius 1 is 1.56 bits per heavy atom. The number of hydrogen-bond donors (Lipinski definition) is 2. The van der Waals surface area contributed by atoms with Crippen LogP contribution in [0.25, 0.3) is 5.78 Å². The third kappa shape index (κ3) is 2.04. The lowest BCUT2D eigenvalue weighted by molar-refractivity contribution is -0.117. The maximum Gasteiger partial charge on any atom is 0.254 e. The van der Waals surface area contributed by atoms with Crippen LogP contribution in [-0.2, 0) is 11.2 Å². The van der Waals surface area contributed by atoms with E-state index >= 15 is 0 Å². The standard InChI is InChI=1S/C11H14N6O/c12-4-3-8-5-9(15-10(18)7-1-2-7)16-11-13-6-14-17(8)11/h5-7H,1-4,12H2,(H,13,14,15,16,18). The molecular weight excluding hydrogens is 232 g/mol. The van der Waals surface area contributed by atoms with E-state index in [4.69, 9.17) is 5.73 Å². The summed E-state index contributed by atoms with van der Waals surface area (Å²) >= 11 is 0. The predicted octanol–water partition coefficient (Wildman–Crippen LogP) is -0.0260. The van der Waals surface area contributed by atoms with E-state index < -0.39 is 0 Å². The Morgan fingerprint density at radius 3 is 3.11 bits per heavy atom. The largest absolute Gasteiger partial charge is 0.330 e. The van der Waals surface area contributed by atoms with E-state index in [0.717, 1.165) is 18.5 Å². The summed E-state index contributed by atoms with van der Waals surface area (Å²) in [5, 5.41) is 6.89. The Morgan fingerprint density at radius 2 is 2.39 bits per heavy atom. The number of aromatic nitrogens is 4. The van der Waals surface area contributed by atoms with Gasteiger partial charge in [0.2, 0.25) is 5.91 Å². The van der Waals surface area contributed by atoms with Crippen LogP contribution in [0.5, 0.6) is 0 Å². The lowest BCUT2D eigenvalue weighted by atomic mass is 10.3. The number of amides is 1. The molecule has 0 unspecified atom stereocenters. The van der Waals surface area contributed by atoms with Gasteiger partial charge in [0.15, 0.2) is 0 Å². The van der Waals surface area contributed by atoms with Crippen molar-refractivity contribution in [2.24, 2.45) is 11.7 Å². The number of anilines is 1. The summed E-state index contributed by atoms with van der Waals surface area (Å²) in [6, 6.07) is 1.80. The first-order valence-electron chi connectivity index (χ1n) is 5.98. The SMILES string of the molecule is NCCc1cc(NC(=O)C2CC2)nc2ncnn12. The Hall–Kier alpha value is -2.02. The van der Waals surface area contributed by atoms with Crippen LogP contribution in [-0.4, -0.2) is 32.0 Å². The van der Waals surface area contributed by atoms with E-state index in [1.54, 1.807) is 10.6 Å². The molecule has 94 valence electrons. The Labute approximate surface area is 103 Å². The highest BCUT2D eigenvalue weighted by Gasteiger charge is 2.29. The number of nitrogens with one attached hydrogen (secondary N) is 1. The molecule has 1 amide bonds. The molecule has 0 spiro atoms. The van der Waals surface area contributed by atoms with Gasteiger partial charge in [-0.1, -0.05) is 0 Å². The molecule has 0 atom stereocenters. The van der Waals surface area contributed by atoms with Gasteiger partial charge in [-0.3, -0.25) is 4.79 Å². The zero-order valence-corrected chi connectivity index (χ0v) is 9.83. The molecular formula is C11H14N6O. The third-order valence-corrected chi connectivity index (χ3v) is 2.93. The molecule has 7 nitrogen and oxygen atoms in total. The average Bonchev–Trinajstić information content (AvgIpc) is 3.09. The molecule has 3 N–H and O–H groups in total. The fraction of sp³-hybridized carbons (Fsp3) is 0.455. The Kier molecular flexibility index (Phi) is 2.67. The first kappa shape index (κ1) is 11.1. The molecule has 1 fully saturated rings. The van der Waals surface area contributed by atoms with E-state index in [9.17, 15) is 4.79 Å². The number of nitrogens with zero attached hydrogens (tertiary/aromatic N) is 4. The van der Waals surface area contributed by atoms with Crippen molar-refractivity contribution in [3.05, 3.63) is 18.1 Å². The first-order chi connectivity index (χ1) is 8.78. The molecule has 2 aromatic rings. The quantitative estimate of drug-likeness (QED) is 0.789. The molecule has 0 bridgehead atoms. The van der Waals surface area contributed by atoms with Gasteiger partial charge in [0, 0.05) is 18.4 Å². The molecule has 1 aliphatic rings. The van der Waals surface area contributed by atoms with Crippen LogP contribution in [0.15, 0.2) is 12.4 Å². The number of hydrogen-bond acceptors (Lipinski definition) is 5. The van der Waals surface area contributed by atoms with Crippen molar-refractivity contribution < 1.29 is 4.79 Å². The topological polar surface area (TPSA) is 98.2 Å². The Bertz CT molecular complexity index is 588. The number of rotatable bonds is 4. The van der Waals surface area contributed by atoms with Crippen molar-refractivity contribution >= 4 is 17.5 Å². The zero-order valence-electron chi connectivity index (χ0n) is 9.83. The van der Waals surface area contributed by atoms with Crippen molar-refractivity contribution in [1.29, 1.82) is 0 Å². The van der Waals surface area contributed by atoms with Gasteiger partial charge in [0.25, 0.3) is 5.78 Å². The Balaban J connectivity index is 1.93. The fourth-order valence-corrected chi connectivity index (χ4v) is 1.84. The van der Waals surface area contributed by atoms with Crippen molar-refractivity contribution in [2.75, 3.05) is 11.9 Å². The van der Waals surface area contributed by atoms with Crippen LogP contribution in [0.2, 0.25) is 0 Å². The molecule has 0 radical (unpaired) electrons. The van der Waals surface area contributed by atoms with Crippen molar-refractivity contribution in [3.63, 3.8) is 0 Å². The number of nitrogens with two attached hydrogens (primary N) is 1.